The molecule has 26 heavy (non-hydrogen) atoms. The lowest BCUT2D eigenvalue weighted by Crippen LogP contribution is -2.35. The number of aromatic nitrogens is 7. The molecule has 10 heteroatoms. The Bertz CT molecular complexity index is 914. The Morgan fingerprint density at radius 1 is 1.31 bits per heavy atom. The van der Waals surface area contributed by atoms with Gasteiger partial charge < -0.3 is 5.32 Å². The molecule has 0 bridgehead atoms. The zero-order chi connectivity index (χ0) is 18.5. The molecule has 3 aromatic rings. The Kier molecular flexibility index (Phi) is 5.20. The Hall–Kier alpha value is -3.30. The van der Waals surface area contributed by atoms with Gasteiger partial charge in [0.2, 0.25) is 5.91 Å². The molecule has 136 valence electrons. The lowest BCUT2D eigenvalue weighted by Gasteiger charge is -2.09. The number of H-pyrrole nitrogens is 1. The number of hydrogen-bond donors (Lipinski definition) is 2. The van der Waals surface area contributed by atoms with E-state index in [1.54, 1.807) is 18.4 Å². The molecule has 0 aliphatic rings. The third kappa shape index (κ3) is 4.02. The normalized spacial score (nSPS) is 12.1. The monoisotopic (exact) mass is 356 g/mol. The Morgan fingerprint density at radius 3 is 2.77 bits per heavy atom. The summed E-state index contributed by atoms with van der Waals surface area (Å²) < 4.78 is 2.74. The zero-order valence-corrected chi connectivity index (χ0v) is 14.6. The van der Waals surface area contributed by atoms with Crippen molar-refractivity contribution in [3.8, 4) is 0 Å². The first-order valence-electron chi connectivity index (χ1n) is 8.25. The van der Waals surface area contributed by atoms with E-state index < -0.39 is 6.04 Å². The lowest BCUT2D eigenvalue weighted by atomic mass is 10.1. The number of amides is 1. The van der Waals surface area contributed by atoms with Crippen LogP contribution in [0.3, 0.4) is 0 Å². The minimum absolute atomic E-state index is 0.166. The number of carbonyl (C=O) groups excluding carboxylic acids is 1. The van der Waals surface area contributed by atoms with E-state index in [1.807, 2.05) is 30.3 Å². The predicted octanol–water partition coefficient (Wildman–Crippen LogP) is -0.0136. The number of nitrogens with one attached hydrogen (secondary N) is 2. The fraction of sp³-hybridized carbons (Fsp3) is 0.375. The summed E-state index contributed by atoms with van der Waals surface area (Å²) in [4.78, 5) is 24.7. The number of nitrogens with zero attached hydrogens (tertiary/aromatic N) is 6. The Morgan fingerprint density at radius 2 is 2.08 bits per heavy atom. The fourth-order valence-electron chi connectivity index (χ4n) is 2.64. The van der Waals surface area contributed by atoms with Crippen LogP contribution in [-0.2, 0) is 24.3 Å². The molecule has 0 aliphatic carbocycles. The van der Waals surface area contributed by atoms with Gasteiger partial charge in [-0.2, -0.15) is 10.3 Å². The molecule has 2 N–H and O–H groups in total. The first-order chi connectivity index (χ1) is 12.5. The smallest absolute Gasteiger partial charge is 0.345 e. The standard InChI is InChI=1S/C16H20N8O2/c1-11(15-18-21-22-19-15)17-14(25)10-24-16(26)23(12(2)20-24)9-8-13-6-4-3-5-7-13/h3-7,11H,8-10H2,1-2H3,(H,17,25)(H,18,19,21,22)/t11-/m1/s1. The minimum atomic E-state index is -0.418. The second kappa shape index (κ2) is 7.72. The molecule has 2 aromatic heterocycles. The molecule has 0 saturated carbocycles. The summed E-state index contributed by atoms with van der Waals surface area (Å²) in [7, 11) is 0. The predicted molar refractivity (Wildman–Crippen MR) is 92.1 cm³/mol. The van der Waals surface area contributed by atoms with Crippen molar-refractivity contribution in [1.29, 1.82) is 0 Å². The number of hydrogen-bond acceptors (Lipinski definition) is 6. The van der Waals surface area contributed by atoms with Gasteiger partial charge in [0.05, 0.1) is 6.04 Å². The third-order valence-electron chi connectivity index (χ3n) is 3.99. The lowest BCUT2D eigenvalue weighted by molar-refractivity contribution is -0.122. The van der Waals surface area contributed by atoms with Crippen molar-refractivity contribution in [3.63, 3.8) is 0 Å². The van der Waals surface area contributed by atoms with E-state index in [1.165, 1.54) is 4.68 Å². The van der Waals surface area contributed by atoms with Crippen molar-refractivity contribution >= 4 is 5.91 Å². The van der Waals surface area contributed by atoms with Gasteiger partial charge in [0, 0.05) is 6.54 Å². The molecule has 10 nitrogen and oxygen atoms in total. The number of tetrazole rings is 1. The van der Waals surface area contributed by atoms with Crippen LogP contribution >= 0.6 is 0 Å². The van der Waals surface area contributed by atoms with E-state index >= 15 is 0 Å². The molecule has 1 aromatic carbocycles. The van der Waals surface area contributed by atoms with E-state index in [4.69, 9.17) is 0 Å². The summed E-state index contributed by atoms with van der Waals surface area (Å²) in [5.74, 6) is 0.595. The number of rotatable bonds is 7. The van der Waals surface area contributed by atoms with Crippen molar-refractivity contribution in [2.45, 2.75) is 39.4 Å². The highest BCUT2D eigenvalue weighted by atomic mass is 16.2. The highest BCUT2D eigenvalue weighted by Crippen LogP contribution is 2.04. The highest BCUT2D eigenvalue weighted by molar-refractivity contribution is 5.75. The number of aromatic amines is 1. The summed E-state index contributed by atoms with van der Waals surface area (Å²) in [5.41, 5.74) is 0.832. The first-order valence-corrected chi connectivity index (χ1v) is 8.25. The first kappa shape index (κ1) is 17.5. The number of benzene rings is 1. The maximum absolute atomic E-state index is 12.5. The second-order valence-electron chi connectivity index (χ2n) is 5.93. The molecule has 3 rings (SSSR count). The fourth-order valence-corrected chi connectivity index (χ4v) is 2.64. The molecule has 0 fully saturated rings. The van der Waals surface area contributed by atoms with Crippen molar-refractivity contribution in [2.75, 3.05) is 0 Å². The molecule has 0 saturated heterocycles. The molecule has 1 atom stereocenters. The zero-order valence-electron chi connectivity index (χ0n) is 14.6. The van der Waals surface area contributed by atoms with Gasteiger partial charge in [-0.05, 0) is 25.8 Å². The van der Waals surface area contributed by atoms with Gasteiger partial charge in [-0.25, -0.2) is 9.48 Å². The van der Waals surface area contributed by atoms with Crippen LogP contribution in [0.5, 0.6) is 0 Å². The molecule has 0 radical (unpaired) electrons. The van der Waals surface area contributed by atoms with E-state index in [2.05, 4.69) is 31.0 Å². The van der Waals surface area contributed by atoms with Crippen molar-refractivity contribution in [2.24, 2.45) is 0 Å². The summed E-state index contributed by atoms with van der Waals surface area (Å²) in [5, 5.41) is 20.3. The molecular formula is C16H20N8O2. The maximum atomic E-state index is 12.5. The van der Waals surface area contributed by atoms with Crippen LogP contribution < -0.4 is 11.0 Å². The quantitative estimate of drug-likeness (QED) is 0.613. The van der Waals surface area contributed by atoms with E-state index in [9.17, 15) is 9.59 Å². The Balaban J connectivity index is 1.63. The summed E-state index contributed by atoms with van der Waals surface area (Å²) in [6, 6.07) is 9.48. The summed E-state index contributed by atoms with van der Waals surface area (Å²) >= 11 is 0. The third-order valence-corrected chi connectivity index (χ3v) is 3.99. The van der Waals surface area contributed by atoms with Gasteiger partial charge in [0.25, 0.3) is 0 Å². The summed E-state index contributed by atoms with van der Waals surface area (Å²) in [6.07, 6.45) is 0.717. The van der Waals surface area contributed by atoms with E-state index in [-0.39, 0.29) is 18.1 Å². The van der Waals surface area contributed by atoms with Crippen LogP contribution in [0.1, 0.15) is 30.2 Å². The van der Waals surface area contributed by atoms with Crippen LogP contribution in [0.15, 0.2) is 35.1 Å². The van der Waals surface area contributed by atoms with Gasteiger partial charge in [0.15, 0.2) is 5.82 Å². The topological polar surface area (TPSA) is 123 Å². The Labute approximate surface area is 149 Å². The molecule has 0 unspecified atom stereocenters. The molecular weight excluding hydrogens is 336 g/mol. The van der Waals surface area contributed by atoms with Crippen LogP contribution in [0, 0.1) is 6.92 Å². The molecule has 0 aliphatic heterocycles. The van der Waals surface area contributed by atoms with Gasteiger partial charge in [0.1, 0.15) is 12.4 Å². The summed E-state index contributed by atoms with van der Waals surface area (Å²) in [6.45, 7) is 3.83. The maximum Gasteiger partial charge on any atom is 0.346 e. The van der Waals surface area contributed by atoms with Crippen LogP contribution in [0.4, 0.5) is 0 Å². The van der Waals surface area contributed by atoms with Gasteiger partial charge in [-0.1, -0.05) is 35.5 Å². The van der Waals surface area contributed by atoms with Crippen LogP contribution in [0.25, 0.3) is 0 Å². The average Bonchev–Trinajstić information content (AvgIpc) is 3.24. The van der Waals surface area contributed by atoms with Crippen LogP contribution in [-0.4, -0.2) is 40.9 Å². The molecule has 1 amide bonds. The van der Waals surface area contributed by atoms with Gasteiger partial charge in [-0.3, -0.25) is 9.36 Å². The largest absolute Gasteiger partial charge is 0.346 e. The van der Waals surface area contributed by atoms with Gasteiger partial charge in [-0.15, -0.1) is 10.2 Å². The molecule has 0 spiro atoms. The number of aryl methyl sites for hydroxylation is 2. The molecule has 2 heterocycles. The minimum Gasteiger partial charge on any atom is -0.345 e. The van der Waals surface area contributed by atoms with Crippen molar-refractivity contribution < 1.29 is 4.79 Å². The highest BCUT2D eigenvalue weighted by Gasteiger charge is 2.17. The SMILES string of the molecule is Cc1nn(CC(=O)N[C@H](C)c2nn[nH]n2)c(=O)n1CCc1ccccc1. The van der Waals surface area contributed by atoms with E-state index in [0.717, 1.165) is 5.56 Å². The average molecular weight is 356 g/mol. The second-order valence-corrected chi connectivity index (χ2v) is 5.93. The van der Waals surface area contributed by atoms with E-state index in [0.29, 0.717) is 24.6 Å². The number of carbonyl (C=O) groups is 1. The van der Waals surface area contributed by atoms with Gasteiger partial charge >= 0.3 is 5.69 Å². The van der Waals surface area contributed by atoms with Crippen LogP contribution in [0.2, 0.25) is 0 Å². The van der Waals surface area contributed by atoms with Crippen molar-refractivity contribution in [1.82, 2.24) is 40.3 Å². The van der Waals surface area contributed by atoms with Crippen molar-refractivity contribution in [3.05, 3.63) is 58.0 Å².